The van der Waals surface area contributed by atoms with Crippen molar-refractivity contribution in [2.24, 2.45) is 0 Å². The van der Waals surface area contributed by atoms with Crippen molar-refractivity contribution in [1.82, 2.24) is 25.3 Å². The first-order valence-electron chi connectivity index (χ1n) is 9.26. The minimum atomic E-state index is -0.250. The van der Waals surface area contributed by atoms with Gasteiger partial charge in [-0.1, -0.05) is 6.92 Å². The topological polar surface area (TPSA) is 102 Å². The molecule has 2 N–H and O–H groups in total. The first-order chi connectivity index (χ1) is 14.0. The van der Waals surface area contributed by atoms with Crippen LogP contribution in [0.1, 0.15) is 34.6 Å². The van der Waals surface area contributed by atoms with E-state index in [9.17, 15) is 4.79 Å². The fourth-order valence-corrected chi connectivity index (χ4v) is 2.85. The lowest BCUT2D eigenvalue weighted by Crippen LogP contribution is -2.20. The van der Waals surface area contributed by atoms with Gasteiger partial charge in [-0.05, 0) is 19.1 Å². The number of carbonyl (C=O) groups excluding carboxylic acids is 1. The number of anilines is 1. The van der Waals surface area contributed by atoms with Gasteiger partial charge in [0.1, 0.15) is 23.6 Å². The molecule has 0 bridgehead atoms. The number of aromatic nitrogens is 4. The van der Waals surface area contributed by atoms with Gasteiger partial charge in [-0.2, -0.15) is 0 Å². The highest BCUT2D eigenvalue weighted by molar-refractivity contribution is 5.92. The van der Waals surface area contributed by atoms with Crippen LogP contribution in [0.15, 0.2) is 43.0 Å². The summed E-state index contributed by atoms with van der Waals surface area (Å²) in [6.45, 7) is 4.61. The second kappa shape index (κ2) is 9.09. The molecule has 3 aromatic heterocycles. The normalized spacial score (nSPS) is 11.6. The molecule has 0 radical (unpaired) electrons. The number of ether oxygens (including phenoxy) is 1. The molecule has 29 heavy (non-hydrogen) atoms. The van der Waals surface area contributed by atoms with Crippen LogP contribution < -0.4 is 15.4 Å². The van der Waals surface area contributed by atoms with Crippen molar-refractivity contribution in [3.63, 3.8) is 0 Å². The molecule has 0 fully saturated rings. The molecule has 0 saturated carbocycles. The Balaban J connectivity index is 1.72. The maximum atomic E-state index is 11.8. The van der Waals surface area contributed by atoms with Gasteiger partial charge in [0.25, 0.3) is 5.91 Å². The van der Waals surface area contributed by atoms with Crippen LogP contribution in [0.2, 0.25) is 0 Å². The molecule has 0 aliphatic carbocycles. The summed E-state index contributed by atoms with van der Waals surface area (Å²) in [6.07, 6.45) is 5.01. The lowest BCUT2D eigenvalue weighted by molar-refractivity contribution is 0.0957. The average molecular weight is 392 g/mol. The first-order valence-corrected chi connectivity index (χ1v) is 9.26. The van der Waals surface area contributed by atoms with Crippen molar-refractivity contribution in [1.29, 1.82) is 0 Å². The third kappa shape index (κ3) is 4.84. The lowest BCUT2D eigenvalue weighted by Gasteiger charge is -2.17. The van der Waals surface area contributed by atoms with Gasteiger partial charge in [0, 0.05) is 60.9 Å². The third-order valence-electron chi connectivity index (χ3n) is 4.57. The zero-order chi connectivity index (χ0) is 20.8. The molecule has 0 spiro atoms. The van der Waals surface area contributed by atoms with E-state index in [0.717, 1.165) is 28.3 Å². The zero-order valence-corrected chi connectivity index (χ0v) is 16.9. The van der Waals surface area contributed by atoms with E-state index in [0.29, 0.717) is 18.0 Å². The van der Waals surface area contributed by atoms with Crippen molar-refractivity contribution in [2.45, 2.75) is 19.8 Å². The average Bonchev–Trinajstić information content (AvgIpc) is 2.77. The second-order valence-electron chi connectivity index (χ2n) is 6.65. The SMILES string of the molecule is CNC(=O)c1cc(OC)c(C(C)CNc2cc(-c3ccc(C)nc3)ncn2)cn1. The maximum Gasteiger partial charge on any atom is 0.269 e. The van der Waals surface area contributed by atoms with Gasteiger partial charge in [0.2, 0.25) is 0 Å². The van der Waals surface area contributed by atoms with Crippen molar-refractivity contribution >= 4 is 11.7 Å². The molecule has 0 aliphatic rings. The van der Waals surface area contributed by atoms with E-state index in [4.69, 9.17) is 4.74 Å². The summed E-state index contributed by atoms with van der Waals surface area (Å²) in [6, 6.07) is 7.48. The van der Waals surface area contributed by atoms with Crippen LogP contribution in [0.4, 0.5) is 5.82 Å². The molecule has 0 saturated heterocycles. The number of nitrogens with one attached hydrogen (secondary N) is 2. The number of hydrogen-bond donors (Lipinski definition) is 2. The Bertz CT molecular complexity index is 991. The van der Waals surface area contributed by atoms with Gasteiger partial charge in [-0.25, -0.2) is 9.97 Å². The molecular formula is C21H24N6O2. The van der Waals surface area contributed by atoms with Crippen LogP contribution in [-0.2, 0) is 0 Å². The number of aryl methyl sites for hydroxylation is 1. The van der Waals surface area contributed by atoms with Crippen molar-refractivity contribution in [2.75, 3.05) is 26.0 Å². The summed E-state index contributed by atoms with van der Waals surface area (Å²) in [4.78, 5) is 29.0. The molecule has 8 nitrogen and oxygen atoms in total. The Morgan fingerprint density at radius 1 is 1.14 bits per heavy atom. The van der Waals surface area contributed by atoms with Gasteiger partial charge in [0.15, 0.2) is 0 Å². The molecule has 0 aliphatic heterocycles. The Kier molecular flexibility index (Phi) is 6.33. The Morgan fingerprint density at radius 3 is 2.66 bits per heavy atom. The third-order valence-corrected chi connectivity index (χ3v) is 4.57. The van der Waals surface area contributed by atoms with Crippen LogP contribution in [0.3, 0.4) is 0 Å². The van der Waals surface area contributed by atoms with Crippen LogP contribution in [0.5, 0.6) is 5.75 Å². The lowest BCUT2D eigenvalue weighted by atomic mass is 10.0. The number of nitrogens with zero attached hydrogens (tertiary/aromatic N) is 4. The minimum absolute atomic E-state index is 0.0793. The Hall–Kier alpha value is -3.55. The van der Waals surface area contributed by atoms with Crippen LogP contribution in [0, 0.1) is 6.92 Å². The summed E-state index contributed by atoms with van der Waals surface area (Å²) in [5.74, 6) is 1.17. The van der Waals surface area contributed by atoms with E-state index in [1.165, 1.54) is 6.33 Å². The standard InChI is InChI=1S/C21H24N6O2/c1-13(16-11-24-18(21(28)22-3)7-19(16)29-4)9-25-20-8-17(26-12-27-20)15-6-5-14(2)23-10-15/h5-8,10-13H,9H2,1-4H3,(H,22,28)(H,25,26,27). The maximum absolute atomic E-state index is 11.8. The molecular weight excluding hydrogens is 368 g/mol. The zero-order valence-electron chi connectivity index (χ0n) is 16.9. The summed E-state index contributed by atoms with van der Waals surface area (Å²) in [7, 11) is 3.15. The van der Waals surface area contributed by atoms with Crippen LogP contribution in [0.25, 0.3) is 11.3 Å². The van der Waals surface area contributed by atoms with Gasteiger partial charge in [0.05, 0.1) is 12.8 Å². The summed E-state index contributed by atoms with van der Waals surface area (Å²) >= 11 is 0. The number of methoxy groups -OCH3 is 1. The summed E-state index contributed by atoms with van der Waals surface area (Å²) in [5, 5.41) is 5.89. The monoisotopic (exact) mass is 392 g/mol. The molecule has 1 amide bonds. The number of carbonyl (C=O) groups is 1. The van der Waals surface area contributed by atoms with Crippen molar-refractivity contribution in [3.05, 3.63) is 59.9 Å². The highest BCUT2D eigenvalue weighted by atomic mass is 16.5. The molecule has 0 aromatic carbocycles. The van der Waals surface area contributed by atoms with Crippen molar-refractivity contribution < 1.29 is 9.53 Å². The van der Waals surface area contributed by atoms with E-state index >= 15 is 0 Å². The van der Waals surface area contributed by atoms with Crippen molar-refractivity contribution in [3.8, 4) is 17.0 Å². The fraction of sp³-hybridized carbons (Fsp3) is 0.286. The van der Waals surface area contributed by atoms with Crippen LogP contribution >= 0.6 is 0 Å². The highest BCUT2D eigenvalue weighted by Gasteiger charge is 2.16. The Morgan fingerprint density at radius 2 is 1.97 bits per heavy atom. The summed E-state index contributed by atoms with van der Waals surface area (Å²) < 4.78 is 5.46. The fourth-order valence-electron chi connectivity index (χ4n) is 2.85. The van der Waals surface area contributed by atoms with Gasteiger partial charge < -0.3 is 15.4 Å². The van der Waals surface area contributed by atoms with Gasteiger partial charge in [-0.3, -0.25) is 14.8 Å². The van der Waals surface area contributed by atoms with E-state index in [1.807, 2.05) is 25.1 Å². The van der Waals surface area contributed by atoms with Gasteiger partial charge >= 0.3 is 0 Å². The predicted molar refractivity (Wildman–Crippen MR) is 111 cm³/mol. The largest absolute Gasteiger partial charge is 0.496 e. The van der Waals surface area contributed by atoms with Gasteiger partial charge in [-0.15, -0.1) is 0 Å². The van der Waals surface area contributed by atoms with E-state index in [-0.39, 0.29) is 11.8 Å². The predicted octanol–water partition coefficient (Wildman–Crippen LogP) is 2.83. The molecule has 3 heterocycles. The van der Waals surface area contributed by atoms with Crippen LogP contribution in [-0.4, -0.2) is 46.5 Å². The number of amides is 1. The van der Waals surface area contributed by atoms with E-state index < -0.39 is 0 Å². The molecule has 1 atom stereocenters. The minimum Gasteiger partial charge on any atom is -0.496 e. The van der Waals surface area contributed by atoms with E-state index in [1.54, 1.807) is 32.6 Å². The first kappa shape index (κ1) is 20.2. The molecule has 3 aromatic rings. The molecule has 1 unspecified atom stereocenters. The Labute approximate surface area is 169 Å². The molecule has 150 valence electrons. The smallest absolute Gasteiger partial charge is 0.269 e. The molecule has 3 rings (SSSR count). The molecule has 8 heteroatoms. The number of rotatable bonds is 7. The number of pyridine rings is 2. The quantitative estimate of drug-likeness (QED) is 0.637. The summed E-state index contributed by atoms with van der Waals surface area (Å²) in [5.41, 5.74) is 3.92. The second-order valence-corrected chi connectivity index (χ2v) is 6.65. The van der Waals surface area contributed by atoms with E-state index in [2.05, 4.69) is 37.5 Å². The number of hydrogen-bond acceptors (Lipinski definition) is 7. The highest BCUT2D eigenvalue weighted by Crippen LogP contribution is 2.27.